The molecule has 4 atom stereocenters. The molecular formula is C27H24F6N4O4. The molecule has 0 unspecified atom stereocenters. The minimum atomic E-state index is -5.11. The third-order valence-electron chi connectivity index (χ3n) is 7.80. The normalized spacial score (nSPS) is 25.3. The molecule has 0 aromatic heterocycles. The number of piperidine rings is 1. The number of hydrogen-bond donors (Lipinski definition) is 0. The number of azo groups is 1. The van der Waals surface area contributed by atoms with Crippen LogP contribution in [0, 0.1) is 0 Å². The van der Waals surface area contributed by atoms with Crippen molar-refractivity contribution in [1.29, 1.82) is 0 Å². The van der Waals surface area contributed by atoms with Gasteiger partial charge in [-0.3, -0.25) is 4.90 Å². The van der Waals surface area contributed by atoms with Crippen molar-refractivity contribution in [3.63, 3.8) is 0 Å². The van der Waals surface area contributed by atoms with Crippen LogP contribution in [0.4, 0.5) is 31.1 Å². The van der Waals surface area contributed by atoms with E-state index in [2.05, 4.69) is 15.2 Å². The van der Waals surface area contributed by atoms with Crippen molar-refractivity contribution in [2.45, 2.75) is 61.8 Å². The zero-order chi connectivity index (χ0) is 29.6. The third-order valence-corrected chi connectivity index (χ3v) is 7.80. The van der Waals surface area contributed by atoms with E-state index in [0.717, 1.165) is 12.7 Å². The number of amidine groups is 1. The summed E-state index contributed by atoms with van der Waals surface area (Å²) in [5, 5.41) is 7.25. The molecule has 2 aromatic rings. The summed E-state index contributed by atoms with van der Waals surface area (Å²) in [4.78, 5) is 30.4. The summed E-state index contributed by atoms with van der Waals surface area (Å²) in [7, 11) is 0.975. The summed E-state index contributed by atoms with van der Waals surface area (Å²) < 4.78 is 92.9. The molecule has 2 fully saturated rings. The SMILES string of the molecule is COC(=O)[C@@H](O[C@@H]1CC[C@H]2CC[C@]1(c1ccccc1)N2CC1=NC(=O)N=N1)c1cc(C(F)(F)F)cc(C(F)(F)F)c1. The number of carbonyl (C=O) groups is 2. The molecule has 8 nitrogen and oxygen atoms in total. The molecule has 41 heavy (non-hydrogen) atoms. The second-order valence-electron chi connectivity index (χ2n) is 10.1. The van der Waals surface area contributed by atoms with E-state index < -0.39 is 58.8 Å². The number of nitrogens with zero attached hydrogens (tertiary/aromatic N) is 4. The van der Waals surface area contributed by atoms with Crippen LogP contribution in [0.25, 0.3) is 0 Å². The lowest BCUT2D eigenvalue weighted by atomic mass is 9.78. The van der Waals surface area contributed by atoms with E-state index in [-0.39, 0.29) is 24.5 Å². The van der Waals surface area contributed by atoms with E-state index in [4.69, 9.17) is 9.47 Å². The van der Waals surface area contributed by atoms with Crippen molar-refractivity contribution in [2.24, 2.45) is 15.2 Å². The van der Waals surface area contributed by atoms with E-state index in [9.17, 15) is 35.9 Å². The number of halogens is 6. The van der Waals surface area contributed by atoms with Gasteiger partial charge in [0.2, 0.25) is 0 Å². The molecule has 3 aliphatic heterocycles. The lowest BCUT2D eigenvalue weighted by Crippen LogP contribution is -2.58. The van der Waals surface area contributed by atoms with Crippen molar-refractivity contribution in [1.82, 2.24) is 4.90 Å². The Balaban J connectivity index is 1.60. The van der Waals surface area contributed by atoms with Gasteiger partial charge in [-0.25, -0.2) is 9.59 Å². The molecule has 0 radical (unpaired) electrons. The fourth-order valence-electron chi connectivity index (χ4n) is 6.06. The van der Waals surface area contributed by atoms with E-state index in [0.29, 0.717) is 37.8 Å². The molecule has 14 heteroatoms. The number of amides is 2. The first-order chi connectivity index (χ1) is 19.3. The average Bonchev–Trinajstić information content (AvgIpc) is 3.45. The highest BCUT2D eigenvalue weighted by atomic mass is 19.4. The maximum absolute atomic E-state index is 13.6. The van der Waals surface area contributed by atoms with Gasteiger partial charge in [-0.15, -0.1) is 5.11 Å². The number of benzene rings is 2. The maximum atomic E-state index is 13.6. The zero-order valence-corrected chi connectivity index (χ0v) is 21.6. The van der Waals surface area contributed by atoms with Gasteiger partial charge in [0.05, 0.1) is 36.4 Å². The van der Waals surface area contributed by atoms with Crippen molar-refractivity contribution in [2.75, 3.05) is 13.7 Å². The number of fused-ring (bicyclic) bond motifs is 2. The van der Waals surface area contributed by atoms with Gasteiger partial charge in [0.1, 0.15) is 0 Å². The molecule has 3 aliphatic rings. The van der Waals surface area contributed by atoms with Crippen LogP contribution in [0.2, 0.25) is 0 Å². The van der Waals surface area contributed by atoms with Crippen LogP contribution < -0.4 is 0 Å². The molecule has 0 saturated carbocycles. The Labute approximate surface area is 230 Å². The number of ether oxygens (including phenoxy) is 2. The highest BCUT2D eigenvalue weighted by Gasteiger charge is 2.57. The molecule has 0 spiro atoms. The van der Waals surface area contributed by atoms with Crippen LogP contribution in [0.1, 0.15) is 54.0 Å². The van der Waals surface area contributed by atoms with Crippen LogP contribution in [0.5, 0.6) is 0 Å². The largest absolute Gasteiger partial charge is 0.467 e. The Kier molecular flexibility index (Phi) is 7.49. The van der Waals surface area contributed by atoms with Gasteiger partial charge in [-0.1, -0.05) is 35.4 Å². The standard InChI is InChI=1S/C27H24F6N4O4/c1-40-23(38)22(15-11-17(26(28,29)30)13-18(12-15)27(31,32)33)41-20-8-7-19-9-10-25(20,16-5-3-2-4-6-16)37(19)14-21-34-24(39)36-35-21/h2-6,11-13,19-20,22H,7-10,14H2,1H3/t19-,20+,22-,25+/m0/s1. The topological polar surface area (TPSA) is 92.9 Å². The molecule has 2 saturated heterocycles. The van der Waals surface area contributed by atoms with Crippen molar-refractivity contribution < 1.29 is 45.4 Å². The zero-order valence-electron chi connectivity index (χ0n) is 21.6. The number of methoxy groups -OCH3 is 1. The number of urea groups is 1. The molecule has 0 aliphatic carbocycles. The minimum Gasteiger partial charge on any atom is -0.467 e. The van der Waals surface area contributed by atoms with Crippen LogP contribution in [-0.2, 0) is 32.2 Å². The first kappa shape index (κ1) is 28.9. The summed E-state index contributed by atoms with van der Waals surface area (Å²) in [6.07, 6.45) is -10.9. The summed E-state index contributed by atoms with van der Waals surface area (Å²) in [5.41, 5.74) is -3.98. The summed E-state index contributed by atoms with van der Waals surface area (Å²) in [6, 6.07) is 9.22. The van der Waals surface area contributed by atoms with Gasteiger partial charge in [0, 0.05) is 6.04 Å². The van der Waals surface area contributed by atoms with E-state index in [1.165, 1.54) is 0 Å². The number of alkyl halides is 6. The van der Waals surface area contributed by atoms with E-state index in [1.54, 1.807) is 18.2 Å². The van der Waals surface area contributed by atoms with Gasteiger partial charge in [0.25, 0.3) is 0 Å². The number of rotatable bonds is 7. The first-order valence-electron chi connectivity index (χ1n) is 12.7. The molecular weight excluding hydrogens is 558 g/mol. The smallest absolute Gasteiger partial charge is 0.416 e. The minimum absolute atomic E-state index is 0.00855. The lowest BCUT2D eigenvalue weighted by Gasteiger charge is -2.50. The third kappa shape index (κ3) is 5.49. The Morgan fingerprint density at radius 1 is 1.00 bits per heavy atom. The Hall–Kier alpha value is -3.65. The summed E-state index contributed by atoms with van der Waals surface area (Å²) in [5.74, 6) is -0.980. The Morgan fingerprint density at radius 2 is 1.66 bits per heavy atom. The maximum Gasteiger partial charge on any atom is 0.416 e. The molecule has 3 heterocycles. The van der Waals surface area contributed by atoms with E-state index in [1.807, 2.05) is 17.0 Å². The Morgan fingerprint density at radius 3 is 2.22 bits per heavy atom. The van der Waals surface area contributed by atoms with Gasteiger partial charge >= 0.3 is 24.4 Å². The highest BCUT2D eigenvalue weighted by molar-refractivity contribution is 5.99. The molecule has 2 aromatic carbocycles. The lowest BCUT2D eigenvalue weighted by molar-refractivity contribution is -0.172. The number of hydrogen-bond acceptors (Lipinski definition) is 6. The van der Waals surface area contributed by atoms with Crippen LogP contribution in [0.3, 0.4) is 0 Å². The van der Waals surface area contributed by atoms with Crippen molar-refractivity contribution in [3.8, 4) is 0 Å². The number of carbonyl (C=O) groups excluding carboxylic acids is 2. The quantitative estimate of drug-likeness (QED) is 0.276. The van der Waals surface area contributed by atoms with E-state index >= 15 is 0 Å². The molecule has 218 valence electrons. The highest BCUT2D eigenvalue weighted by Crippen LogP contribution is 2.53. The van der Waals surface area contributed by atoms with Gasteiger partial charge < -0.3 is 9.47 Å². The average molecular weight is 583 g/mol. The molecule has 5 rings (SSSR count). The Bertz CT molecular complexity index is 1360. The van der Waals surface area contributed by atoms with Crippen molar-refractivity contribution >= 4 is 17.8 Å². The fraction of sp³-hybridized carbons (Fsp3) is 0.444. The van der Waals surface area contributed by atoms with Crippen molar-refractivity contribution in [3.05, 3.63) is 70.8 Å². The monoisotopic (exact) mass is 582 g/mol. The van der Waals surface area contributed by atoms with Gasteiger partial charge in [-0.05, 0) is 55.0 Å². The first-order valence-corrected chi connectivity index (χ1v) is 12.7. The van der Waals surface area contributed by atoms with Crippen LogP contribution >= 0.6 is 0 Å². The molecule has 2 bridgehead atoms. The van der Waals surface area contributed by atoms with Crippen LogP contribution in [-0.4, -0.2) is 48.5 Å². The second kappa shape index (κ2) is 10.6. The predicted molar refractivity (Wildman–Crippen MR) is 131 cm³/mol. The summed E-state index contributed by atoms with van der Waals surface area (Å²) >= 11 is 0. The van der Waals surface area contributed by atoms with Gasteiger partial charge in [0.15, 0.2) is 11.9 Å². The van der Waals surface area contributed by atoms with Gasteiger partial charge in [-0.2, -0.15) is 31.3 Å². The van der Waals surface area contributed by atoms with Crippen LogP contribution in [0.15, 0.2) is 63.8 Å². The predicted octanol–water partition coefficient (Wildman–Crippen LogP) is 6.46. The number of esters is 1. The fourth-order valence-corrected chi connectivity index (χ4v) is 6.06. The summed E-state index contributed by atoms with van der Waals surface area (Å²) in [6.45, 7) is 0.0966. The number of aliphatic imine (C=N–C) groups is 1. The second-order valence-corrected chi connectivity index (χ2v) is 10.1. The molecule has 2 amide bonds. The molecule has 0 N–H and O–H groups in total.